The van der Waals surface area contributed by atoms with Gasteiger partial charge in [0.15, 0.2) is 0 Å². The topological polar surface area (TPSA) is 12.4 Å². The van der Waals surface area contributed by atoms with E-state index in [9.17, 15) is 0 Å². The molecule has 0 amide bonds. The van der Waals surface area contributed by atoms with Crippen LogP contribution in [0.1, 0.15) is 41.0 Å². The minimum Gasteiger partial charge on any atom is -0.254 e. The minimum absolute atomic E-state index is 0.845. The summed E-state index contributed by atoms with van der Waals surface area (Å²) in [5.41, 5.74) is 4.33. The molecule has 0 saturated carbocycles. The van der Waals surface area contributed by atoms with Crippen LogP contribution in [0.2, 0.25) is 0 Å². The predicted octanol–water partition coefficient (Wildman–Crippen LogP) is 4.84. The van der Waals surface area contributed by atoms with Gasteiger partial charge in [0.2, 0.25) is 0 Å². The summed E-state index contributed by atoms with van der Waals surface area (Å²) in [7, 11) is 0. The van der Waals surface area contributed by atoms with Crippen molar-refractivity contribution in [3.8, 4) is 0 Å². The maximum Gasteiger partial charge on any atom is 0.0590 e. The molecule has 1 aliphatic rings. The number of aliphatic imine (C=N–C) groups is 1. The monoisotopic (exact) mass is 217 g/mol. The van der Waals surface area contributed by atoms with Crippen molar-refractivity contribution in [3.63, 3.8) is 0 Å². The van der Waals surface area contributed by atoms with E-state index < -0.39 is 0 Å². The molecule has 1 nitrogen and oxygen atoms in total. The lowest BCUT2D eigenvalue weighted by molar-refractivity contribution is 1.20. The van der Waals surface area contributed by atoms with E-state index in [1.807, 2.05) is 33.8 Å². The molecule has 0 radical (unpaired) electrons. The van der Waals surface area contributed by atoms with E-state index in [2.05, 4.69) is 36.7 Å². The zero-order valence-corrected chi connectivity index (χ0v) is 11.2. The first kappa shape index (κ1) is 14.6. The molecule has 0 aromatic rings. The van der Waals surface area contributed by atoms with Crippen LogP contribution in [0.15, 0.2) is 52.7 Å². The highest BCUT2D eigenvalue weighted by molar-refractivity contribution is 5.93. The van der Waals surface area contributed by atoms with Crippen LogP contribution in [0, 0.1) is 0 Å². The Morgan fingerprint density at radius 1 is 1.12 bits per heavy atom. The molecule has 1 heteroatoms. The van der Waals surface area contributed by atoms with E-state index in [1.54, 1.807) is 0 Å². The summed E-state index contributed by atoms with van der Waals surface area (Å²) in [6.45, 7) is 14.1. The third kappa shape index (κ3) is 5.50. The molecule has 0 aliphatic carbocycles. The van der Waals surface area contributed by atoms with Gasteiger partial charge >= 0.3 is 0 Å². The molecular formula is C15H23N. The highest BCUT2D eigenvalue weighted by Crippen LogP contribution is 2.12. The first-order valence-corrected chi connectivity index (χ1v) is 5.85. The molecule has 1 rings (SSSR count). The van der Waals surface area contributed by atoms with Crippen LogP contribution in [-0.4, -0.2) is 5.71 Å². The van der Waals surface area contributed by atoms with Crippen LogP contribution in [0.25, 0.3) is 0 Å². The van der Waals surface area contributed by atoms with Gasteiger partial charge in [0.1, 0.15) is 0 Å². The van der Waals surface area contributed by atoms with Gasteiger partial charge in [-0.05, 0) is 38.8 Å². The predicted molar refractivity (Wildman–Crippen MR) is 74.9 cm³/mol. The van der Waals surface area contributed by atoms with E-state index in [0.717, 1.165) is 23.4 Å². The molecule has 0 atom stereocenters. The molecule has 1 heterocycles. The van der Waals surface area contributed by atoms with E-state index >= 15 is 0 Å². The third-order valence-corrected chi connectivity index (χ3v) is 2.18. The van der Waals surface area contributed by atoms with E-state index in [1.165, 1.54) is 5.57 Å². The SMILES string of the molecule is C=C1N=C(C)/C=C\C/C(C)=C\C=C/1C.CC. The van der Waals surface area contributed by atoms with Crippen molar-refractivity contribution in [2.45, 2.75) is 41.0 Å². The van der Waals surface area contributed by atoms with Crippen LogP contribution in [-0.2, 0) is 0 Å². The molecule has 0 unspecified atom stereocenters. The highest BCUT2D eigenvalue weighted by atomic mass is 14.7. The molecule has 0 aromatic heterocycles. The number of rotatable bonds is 0. The number of hydrogen-bond donors (Lipinski definition) is 0. The molecule has 16 heavy (non-hydrogen) atoms. The van der Waals surface area contributed by atoms with Crippen molar-refractivity contribution in [1.82, 2.24) is 0 Å². The minimum atomic E-state index is 0.845. The Kier molecular flexibility index (Phi) is 7.19. The molecular weight excluding hydrogens is 194 g/mol. The summed E-state index contributed by atoms with van der Waals surface area (Å²) >= 11 is 0. The second-order valence-corrected chi connectivity index (χ2v) is 3.67. The molecule has 0 bridgehead atoms. The Labute approximate surface area is 100.0 Å². The zero-order chi connectivity index (χ0) is 12.6. The van der Waals surface area contributed by atoms with Gasteiger partial charge in [0, 0.05) is 5.71 Å². The number of allylic oxidation sites excluding steroid dienone is 6. The van der Waals surface area contributed by atoms with Crippen LogP contribution in [0.4, 0.5) is 0 Å². The van der Waals surface area contributed by atoms with Crippen molar-refractivity contribution in [3.05, 3.63) is 47.7 Å². The fraction of sp³-hybridized carbons (Fsp3) is 0.400. The van der Waals surface area contributed by atoms with Crippen LogP contribution in [0.3, 0.4) is 0 Å². The maximum atomic E-state index is 4.38. The van der Waals surface area contributed by atoms with Gasteiger partial charge in [-0.1, -0.05) is 44.2 Å². The molecule has 0 fully saturated rings. The van der Waals surface area contributed by atoms with Crippen molar-refractivity contribution < 1.29 is 0 Å². The van der Waals surface area contributed by atoms with Gasteiger partial charge in [0.05, 0.1) is 5.70 Å². The molecule has 0 saturated heterocycles. The summed E-state index contributed by atoms with van der Waals surface area (Å²) in [6, 6.07) is 0. The van der Waals surface area contributed by atoms with Gasteiger partial charge in [-0.25, -0.2) is 0 Å². The Morgan fingerprint density at radius 3 is 2.38 bits per heavy atom. The summed E-state index contributed by atoms with van der Waals surface area (Å²) in [6.07, 6.45) is 9.37. The van der Waals surface area contributed by atoms with Gasteiger partial charge in [0.25, 0.3) is 0 Å². The maximum absolute atomic E-state index is 4.38. The molecule has 1 aliphatic heterocycles. The van der Waals surface area contributed by atoms with Crippen LogP contribution < -0.4 is 0 Å². The van der Waals surface area contributed by atoms with Crippen molar-refractivity contribution in [2.75, 3.05) is 0 Å². The Bertz CT molecular complexity index is 352. The third-order valence-electron chi connectivity index (χ3n) is 2.18. The van der Waals surface area contributed by atoms with Crippen LogP contribution in [0.5, 0.6) is 0 Å². The average Bonchev–Trinajstić information content (AvgIpc) is 2.27. The summed E-state index contributed by atoms with van der Waals surface area (Å²) < 4.78 is 0. The lowest BCUT2D eigenvalue weighted by Gasteiger charge is -2.03. The van der Waals surface area contributed by atoms with E-state index in [0.29, 0.717) is 0 Å². The average molecular weight is 217 g/mol. The molecule has 0 spiro atoms. The second kappa shape index (κ2) is 7.86. The Morgan fingerprint density at radius 2 is 1.75 bits per heavy atom. The first-order valence-electron chi connectivity index (χ1n) is 5.85. The van der Waals surface area contributed by atoms with Crippen molar-refractivity contribution in [1.29, 1.82) is 0 Å². The van der Waals surface area contributed by atoms with Crippen molar-refractivity contribution in [2.24, 2.45) is 4.99 Å². The summed E-state index contributed by atoms with van der Waals surface area (Å²) in [5.74, 6) is 0. The smallest absolute Gasteiger partial charge is 0.0590 e. The van der Waals surface area contributed by atoms with E-state index in [-0.39, 0.29) is 0 Å². The normalized spacial score (nSPS) is 25.1. The molecule has 0 aromatic carbocycles. The Hall–Kier alpha value is -1.37. The lowest BCUT2D eigenvalue weighted by Crippen LogP contribution is -1.89. The van der Waals surface area contributed by atoms with Gasteiger partial charge < -0.3 is 0 Å². The molecule has 88 valence electrons. The second-order valence-electron chi connectivity index (χ2n) is 3.67. The number of hydrogen-bond acceptors (Lipinski definition) is 1. The fourth-order valence-corrected chi connectivity index (χ4v) is 1.19. The largest absolute Gasteiger partial charge is 0.254 e. The van der Waals surface area contributed by atoms with Gasteiger partial charge in [-0.2, -0.15) is 0 Å². The summed E-state index contributed by atoms with van der Waals surface area (Å²) in [4.78, 5) is 4.38. The quantitative estimate of drug-likeness (QED) is 0.550. The van der Waals surface area contributed by atoms with Gasteiger partial charge in [-0.3, -0.25) is 4.99 Å². The highest BCUT2D eigenvalue weighted by Gasteiger charge is 1.96. The van der Waals surface area contributed by atoms with Crippen LogP contribution >= 0.6 is 0 Å². The summed E-state index contributed by atoms with van der Waals surface area (Å²) in [5, 5.41) is 0. The van der Waals surface area contributed by atoms with Gasteiger partial charge in [-0.15, -0.1) is 0 Å². The fourth-order valence-electron chi connectivity index (χ4n) is 1.19. The zero-order valence-electron chi connectivity index (χ0n) is 11.2. The number of nitrogens with zero attached hydrogens (tertiary/aromatic N) is 1. The van der Waals surface area contributed by atoms with E-state index in [4.69, 9.17) is 0 Å². The lowest BCUT2D eigenvalue weighted by atomic mass is 10.1. The first-order chi connectivity index (χ1) is 7.59. The Balaban J connectivity index is 0.00000106. The van der Waals surface area contributed by atoms with Crippen molar-refractivity contribution >= 4 is 5.71 Å². The molecule has 0 N–H and O–H groups in total. The standard InChI is InChI=1S/C13H17N.C2H6/c1-10-6-5-7-12(3)14-13(4)11(2)9-8-10;1-2/h5,7-9H,4,6H2,1-3H3;1-2H3/b7-5-,10-8-,11-9-,14-12?;.